The predicted octanol–water partition coefficient (Wildman–Crippen LogP) is 4.29. The Morgan fingerprint density at radius 2 is 0.974 bits per heavy atom. The fourth-order valence-electron chi connectivity index (χ4n) is 4.10. The molecular formula is C34H24IrN4-4. The molecule has 0 aliphatic heterocycles. The first-order valence-electron chi connectivity index (χ1n) is 11.6. The molecule has 2 aromatic carbocycles. The molecule has 193 valence electrons. The summed E-state index contributed by atoms with van der Waals surface area (Å²) in [5.41, 5.74) is 4.38. The van der Waals surface area contributed by atoms with Gasteiger partial charge in [0.15, 0.2) is 0 Å². The number of para-hydroxylation sites is 2. The third kappa shape index (κ3) is 7.10. The molecule has 39 heavy (non-hydrogen) atoms. The molecule has 0 bridgehead atoms. The molecule has 0 spiro atoms. The van der Waals surface area contributed by atoms with Crippen LogP contribution in [-0.4, -0.2) is 0 Å². The summed E-state index contributed by atoms with van der Waals surface area (Å²) in [6.45, 7) is 17.7. The Morgan fingerprint density at radius 3 is 1.33 bits per heavy atom. The molecule has 0 N–H and O–H groups in total. The number of benzene rings is 2. The Labute approximate surface area is 242 Å². The summed E-state index contributed by atoms with van der Waals surface area (Å²) < 4.78 is 3.92. The van der Waals surface area contributed by atoms with Crippen molar-refractivity contribution in [2.45, 2.75) is 0 Å². The zero-order chi connectivity index (χ0) is 27.3. The van der Waals surface area contributed by atoms with Crippen molar-refractivity contribution in [3.05, 3.63) is 172 Å². The van der Waals surface area contributed by atoms with E-state index in [4.69, 9.17) is 23.7 Å². The molecule has 2 aromatic heterocycles. The second-order valence-corrected chi connectivity index (χ2v) is 7.96. The molecule has 0 unspecified atom stereocenters. The Morgan fingerprint density at radius 1 is 0.590 bits per heavy atom. The van der Waals surface area contributed by atoms with Gasteiger partial charge >= 0.3 is 0 Å². The van der Waals surface area contributed by atoms with E-state index in [0.717, 1.165) is 32.9 Å². The first-order valence-corrected chi connectivity index (χ1v) is 11.6. The SMILES string of the molecule is C=[n+]1/c(=C2\[C-]=CC=C[CH-]2)ccc2ccccc21.C=[n+]1/c(=C2\[C-]=CC=C[CH-]2)ccc2ccccc21.[C-]#N.[C-]#N.[Ir]. The Hall–Kier alpha value is -4.93. The van der Waals surface area contributed by atoms with E-state index in [-0.39, 0.29) is 20.1 Å². The van der Waals surface area contributed by atoms with Crippen LogP contribution in [0.15, 0.2) is 109 Å². The topological polar surface area (TPSA) is 59.4 Å². The van der Waals surface area contributed by atoms with Gasteiger partial charge in [0.2, 0.25) is 11.0 Å². The van der Waals surface area contributed by atoms with Crippen molar-refractivity contribution in [2.24, 2.45) is 0 Å². The molecular weight excluding hydrogens is 657 g/mol. The van der Waals surface area contributed by atoms with Gasteiger partial charge in [0.05, 0.1) is 10.7 Å². The Kier molecular flexibility index (Phi) is 11.9. The molecule has 0 fully saturated rings. The number of nitrogens with zero attached hydrogens (tertiary/aromatic N) is 4. The van der Waals surface area contributed by atoms with Crippen LogP contribution in [-0.2, 0) is 20.1 Å². The maximum Gasteiger partial charge on any atom is 0.201 e. The number of hydrogen-bond acceptors (Lipinski definition) is 2. The van der Waals surface area contributed by atoms with E-state index in [1.807, 2.05) is 82.0 Å². The minimum Gasteiger partial charge on any atom is -0.512 e. The largest absolute Gasteiger partial charge is 0.512 e. The summed E-state index contributed by atoms with van der Waals surface area (Å²) >= 11 is 0. The molecule has 0 saturated heterocycles. The van der Waals surface area contributed by atoms with E-state index in [0.29, 0.717) is 0 Å². The van der Waals surface area contributed by atoms with Crippen molar-refractivity contribution < 1.29 is 28.6 Å². The van der Waals surface area contributed by atoms with E-state index in [1.54, 1.807) is 0 Å². The van der Waals surface area contributed by atoms with Crippen LogP contribution >= 0.6 is 0 Å². The molecule has 6 rings (SSSR count). The normalized spacial score (nSPS) is 15.1. The standard InChI is InChI=1S/2C16H12N.2CN.Ir/c2*1-17-15-10-6-5-9-14(15)11-12-16(17)13-7-3-2-4-8-13;2*1-2;/h2*2-7,9-12H,1H2;;;/q4*-1;/b2*16-13-;;;. The molecule has 2 aliphatic carbocycles. The number of fused-ring (bicyclic) bond motifs is 2. The number of hydrogen-bond donors (Lipinski definition) is 0. The van der Waals surface area contributed by atoms with Gasteiger partial charge in [-0.2, -0.15) is 0 Å². The molecule has 5 heteroatoms. The van der Waals surface area contributed by atoms with E-state index in [2.05, 4.69) is 74.1 Å². The van der Waals surface area contributed by atoms with Crippen molar-refractivity contribution >= 4 is 33.0 Å². The molecule has 0 saturated carbocycles. The number of rotatable bonds is 0. The van der Waals surface area contributed by atoms with Gasteiger partial charge in [-0.15, -0.1) is 0 Å². The van der Waals surface area contributed by atoms with Crippen LogP contribution in [0.25, 0.3) is 33.0 Å². The minimum atomic E-state index is 0. The van der Waals surface area contributed by atoms with Gasteiger partial charge < -0.3 is 23.7 Å². The van der Waals surface area contributed by atoms with Gasteiger partial charge in [-0.1, -0.05) is 48.5 Å². The van der Waals surface area contributed by atoms with Gasteiger partial charge in [-0.3, -0.25) is 12.2 Å². The molecule has 4 aromatic rings. The van der Waals surface area contributed by atoms with Gasteiger partial charge in [0.25, 0.3) is 0 Å². The average molecular weight is 681 g/mol. The summed E-state index contributed by atoms with van der Waals surface area (Å²) in [7, 11) is 0. The van der Waals surface area contributed by atoms with E-state index >= 15 is 0 Å². The van der Waals surface area contributed by atoms with E-state index in [1.165, 1.54) is 10.8 Å². The fourth-order valence-corrected chi connectivity index (χ4v) is 4.10. The van der Waals surface area contributed by atoms with E-state index < -0.39 is 0 Å². The molecule has 2 aliphatic rings. The Bertz CT molecular complexity index is 1700. The summed E-state index contributed by atoms with van der Waals surface area (Å²) in [6.07, 6.45) is 22.4. The van der Waals surface area contributed by atoms with Gasteiger partial charge in [0.1, 0.15) is 13.4 Å². The quantitative estimate of drug-likeness (QED) is 0.206. The van der Waals surface area contributed by atoms with Gasteiger partial charge in [-0.25, -0.2) is 68.9 Å². The van der Waals surface area contributed by atoms with Crippen LogP contribution in [0.5, 0.6) is 0 Å². The van der Waals surface area contributed by atoms with Crippen molar-refractivity contribution in [3.63, 3.8) is 0 Å². The summed E-state index contributed by atoms with van der Waals surface area (Å²) in [5.74, 6) is 0. The van der Waals surface area contributed by atoms with E-state index in [9.17, 15) is 0 Å². The summed E-state index contributed by atoms with van der Waals surface area (Å²) in [5, 5.41) is 17.0. The maximum absolute atomic E-state index is 6.25. The fraction of sp³-hybridized carbons (Fsp3) is 0. The third-order valence-electron chi connectivity index (χ3n) is 5.85. The molecule has 4 nitrogen and oxygen atoms in total. The number of aromatic nitrogens is 2. The first-order chi connectivity index (χ1) is 18.7. The van der Waals surface area contributed by atoms with Crippen molar-refractivity contribution in [2.75, 3.05) is 0 Å². The van der Waals surface area contributed by atoms with Crippen LogP contribution in [0, 0.1) is 62.1 Å². The molecule has 0 atom stereocenters. The average Bonchev–Trinajstić information content (AvgIpc) is 3.01. The summed E-state index contributed by atoms with van der Waals surface area (Å²) in [4.78, 5) is 0. The van der Waals surface area contributed by atoms with Crippen molar-refractivity contribution in [1.82, 2.24) is 0 Å². The van der Waals surface area contributed by atoms with Crippen molar-refractivity contribution in [1.29, 1.82) is 10.5 Å². The summed E-state index contributed by atoms with van der Waals surface area (Å²) in [6, 6.07) is 24.9. The van der Waals surface area contributed by atoms with Crippen LogP contribution < -0.4 is 19.2 Å². The third-order valence-corrected chi connectivity index (χ3v) is 5.85. The zero-order valence-electron chi connectivity index (χ0n) is 21.1. The molecule has 0 amide bonds. The molecule has 2 heterocycles. The van der Waals surface area contributed by atoms with Crippen LogP contribution in [0.2, 0.25) is 0 Å². The smallest absolute Gasteiger partial charge is 0.201 e. The van der Waals surface area contributed by atoms with Gasteiger partial charge in [0, 0.05) is 43.0 Å². The maximum atomic E-state index is 6.25. The first kappa shape index (κ1) is 30.3. The monoisotopic (exact) mass is 681 g/mol. The molecule has 1 radical (unpaired) electrons. The van der Waals surface area contributed by atoms with Crippen LogP contribution in [0.1, 0.15) is 0 Å². The minimum absolute atomic E-state index is 0. The van der Waals surface area contributed by atoms with Crippen LogP contribution in [0.4, 0.5) is 0 Å². The second-order valence-electron chi connectivity index (χ2n) is 7.96. The number of allylic oxidation sites excluding steroid dienone is 8. The van der Waals surface area contributed by atoms with Crippen molar-refractivity contribution in [3.8, 4) is 0 Å². The zero-order valence-corrected chi connectivity index (χ0v) is 23.5. The van der Waals surface area contributed by atoms with Gasteiger partial charge in [-0.05, 0) is 12.1 Å². The number of pyridine rings is 2. The van der Waals surface area contributed by atoms with Crippen LogP contribution in [0.3, 0.4) is 0 Å². The Balaban J connectivity index is 0.000000238. The second kappa shape index (κ2) is 15.4. The predicted molar refractivity (Wildman–Crippen MR) is 148 cm³/mol.